The van der Waals surface area contributed by atoms with Crippen LogP contribution in [-0.4, -0.2) is 19.2 Å². The van der Waals surface area contributed by atoms with Crippen LogP contribution in [0.15, 0.2) is 16.5 Å². The summed E-state index contributed by atoms with van der Waals surface area (Å²) in [6.07, 6.45) is -0.0462. The molecule has 1 atom stereocenters. The summed E-state index contributed by atoms with van der Waals surface area (Å²) >= 11 is 0. The summed E-state index contributed by atoms with van der Waals surface area (Å²) in [5.41, 5.74) is 0. The molecule has 4 heteroatoms. The van der Waals surface area contributed by atoms with Gasteiger partial charge in [-0.15, -0.1) is 0 Å². The summed E-state index contributed by atoms with van der Waals surface area (Å²) in [4.78, 5) is 11.1. The van der Waals surface area contributed by atoms with Crippen molar-refractivity contribution in [1.29, 1.82) is 0 Å². The normalized spacial score (nSPS) is 12.9. The van der Waals surface area contributed by atoms with Crippen LogP contribution < -0.4 is 0 Å². The van der Waals surface area contributed by atoms with Crippen LogP contribution in [-0.2, 0) is 9.47 Å². The molecule has 0 spiro atoms. The molecule has 0 fully saturated rings. The summed E-state index contributed by atoms with van der Waals surface area (Å²) in [5, 5.41) is 0. The van der Waals surface area contributed by atoms with Crippen molar-refractivity contribution >= 4 is 5.97 Å². The molecule has 1 rings (SSSR count). The van der Waals surface area contributed by atoms with Crippen molar-refractivity contribution in [1.82, 2.24) is 0 Å². The van der Waals surface area contributed by atoms with Crippen molar-refractivity contribution in [2.45, 2.75) is 33.0 Å². The van der Waals surface area contributed by atoms with Gasteiger partial charge in [0.05, 0.1) is 13.2 Å². The van der Waals surface area contributed by atoms with Crippen molar-refractivity contribution in [3.8, 4) is 0 Å². The number of carbonyl (C=O) groups excluding carboxylic acids is 1. The van der Waals surface area contributed by atoms with Crippen LogP contribution in [0.1, 0.15) is 43.2 Å². The molecule has 0 radical (unpaired) electrons. The van der Waals surface area contributed by atoms with Crippen LogP contribution in [0.2, 0.25) is 0 Å². The monoisotopic (exact) mass is 212 g/mol. The van der Waals surface area contributed by atoms with Crippen molar-refractivity contribution in [3.63, 3.8) is 0 Å². The molecule has 0 aliphatic carbocycles. The van der Waals surface area contributed by atoms with Crippen molar-refractivity contribution in [2.24, 2.45) is 0 Å². The molecule has 0 aromatic carbocycles. The third-order valence-corrected chi connectivity index (χ3v) is 1.89. The Hall–Kier alpha value is -1.29. The fraction of sp³-hybridized carbons (Fsp3) is 0.545. The summed E-state index contributed by atoms with van der Waals surface area (Å²) in [6.45, 7) is 5.77. The number of methoxy groups -OCH3 is 1. The van der Waals surface area contributed by atoms with E-state index in [0.29, 0.717) is 5.76 Å². The van der Waals surface area contributed by atoms with E-state index in [4.69, 9.17) is 9.15 Å². The fourth-order valence-corrected chi connectivity index (χ4v) is 1.26. The Balaban J connectivity index is 2.71. The first-order valence-electron chi connectivity index (χ1n) is 4.88. The molecule has 0 amide bonds. The first-order valence-corrected chi connectivity index (χ1v) is 4.88. The van der Waals surface area contributed by atoms with Gasteiger partial charge in [-0.05, 0) is 32.9 Å². The van der Waals surface area contributed by atoms with E-state index in [0.717, 1.165) is 0 Å². The van der Waals surface area contributed by atoms with Gasteiger partial charge >= 0.3 is 5.97 Å². The Morgan fingerprint density at radius 1 is 1.33 bits per heavy atom. The lowest BCUT2D eigenvalue weighted by Gasteiger charge is -2.13. The zero-order valence-corrected chi connectivity index (χ0v) is 9.44. The molecular formula is C11H16O4. The van der Waals surface area contributed by atoms with Gasteiger partial charge in [0.2, 0.25) is 5.76 Å². The van der Waals surface area contributed by atoms with Gasteiger partial charge in [0, 0.05) is 0 Å². The van der Waals surface area contributed by atoms with Crippen molar-refractivity contribution < 1.29 is 18.7 Å². The molecule has 0 aliphatic rings. The lowest BCUT2D eigenvalue weighted by molar-refractivity contribution is 0.00490. The molecule has 0 saturated carbocycles. The second kappa shape index (κ2) is 4.98. The molecule has 84 valence electrons. The van der Waals surface area contributed by atoms with Crippen molar-refractivity contribution in [3.05, 3.63) is 23.7 Å². The van der Waals surface area contributed by atoms with Crippen LogP contribution >= 0.6 is 0 Å². The molecule has 1 aromatic rings. The summed E-state index contributed by atoms with van der Waals surface area (Å²) in [5.74, 6) is 0.355. The van der Waals surface area contributed by atoms with E-state index in [2.05, 4.69) is 4.74 Å². The van der Waals surface area contributed by atoms with Crippen molar-refractivity contribution in [2.75, 3.05) is 7.11 Å². The van der Waals surface area contributed by atoms with Crippen LogP contribution in [0.5, 0.6) is 0 Å². The van der Waals surface area contributed by atoms with E-state index < -0.39 is 5.97 Å². The van der Waals surface area contributed by atoms with Gasteiger partial charge in [-0.25, -0.2) is 4.79 Å². The molecule has 1 unspecified atom stereocenters. The van der Waals surface area contributed by atoms with Crippen LogP contribution in [0.3, 0.4) is 0 Å². The lowest BCUT2D eigenvalue weighted by atomic mass is 10.3. The molecule has 15 heavy (non-hydrogen) atoms. The van der Waals surface area contributed by atoms with Gasteiger partial charge in [0.1, 0.15) is 11.9 Å². The zero-order valence-electron chi connectivity index (χ0n) is 9.44. The Labute approximate surface area is 89.2 Å². The predicted octanol–water partition coefficient (Wildman–Crippen LogP) is 2.55. The predicted molar refractivity (Wildman–Crippen MR) is 54.7 cm³/mol. The van der Waals surface area contributed by atoms with Crippen LogP contribution in [0.25, 0.3) is 0 Å². The highest BCUT2D eigenvalue weighted by Gasteiger charge is 2.16. The molecule has 0 aliphatic heterocycles. The SMILES string of the molecule is COC(=O)c1ccc(C(C)OC(C)C)o1. The zero-order chi connectivity index (χ0) is 11.4. The Morgan fingerprint density at radius 2 is 2.00 bits per heavy atom. The molecular weight excluding hydrogens is 196 g/mol. The summed E-state index contributed by atoms with van der Waals surface area (Å²) < 4.78 is 15.4. The average Bonchev–Trinajstić information content (AvgIpc) is 2.64. The Morgan fingerprint density at radius 3 is 2.53 bits per heavy atom. The fourth-order valence-electron chi connectivity index (χ4n) is 1.26. The largest absolute Gasteiger partial charge is 0.463 e. The minimum absolute atomic E-state index is 0.117. The Kier molecular flexibility index (Phi) is 3.91. The van der Waals surface area contributed by atoms with E-state index in [1.54, 1.807) is 12.1 Å². The van der Waals surface area contributed by atoms with Crippen LogP contribution in [0, 0.1) is 0 Å². The van der Waals surface area contributed by atoms with E-state index in [1.165, 1.54) is 7.11 Å². The van der Waals surface area contributed by atoms with Gasteiger partial charge in [-0.2, -0.15) is 0 Å². The molecule has 0 saturated heterocycles. The number of ether oxygens (including phenoxy) is 2. The number of furan rings is 1. The number of carbonyl (C=O) groups is 1. The summed E-state index contributed by atoms with van der Waals surface area (Å²) in [7, 11) is 1.32. The third-order valence-electron chi connectivity index (χ3n) is 1.89. The van der Waals surface area contributed by atoms with Gasteiger partial charge in [-0.3, -0.25) is 0 Å². The highest BCUT2D eigenvalue weighted by atomic mass is 16.5. The number of hydrogen-bond donors (Lipinski definition) is 0. The van der Waals surface area contributed by atoms with E-state index in [-0.39, 0.29) is 18.0 Å². The minimum atomic E-state index is -0.474. The highest BCUT2D eigenvalue weighted by Crippen LogP contribution is 2.21. The number of rotatable bonds is 4. The van der Waals surface area contributed by atoms with Gasteiger partial charge < -0.3 is 13.9 Å². The quantitative estimate of drug-likeness (QED) is 0.719. The highest BCUT2D eigenvalue weighted by molar-refractivity contribution is 5.86. The lowest BCUT2D eigenvalue weighted by Crippen LogP contribution is -2.06. The second-order valence-electron chi connectivity index (χ2n) is 3.52. The first kappa shape index (κ1) is 11.8. The number of hydrogen-bond acceptors (Lipinski definition) is 4. The van der Waals surface area contributed by atoms with E-state index in [1.807, 2.05) is 20.8 Å². The molecule has 0 bridgehead atoms. The molecule has 1 aromatic heterocycles. The first-order chi connectivity index (χ1) is 7.04. The maximum atomic E-state index is 11.1. The Bertz CT molecular complexity index is 327. The maximum absolute atomic E-state index is 11.1. The van der Waals surface area contributed by atoms with Gasteiger partial charge in [0.25, 0.3) is 0 Å². The van der Waals surface area contributed by atoms with Gasteiger partial charge in [-0.1, -0.05) is 0 Å². The summed E-state index contributed by atoms with van der Waals surface area (Å²) in [6, 6.07) is 3.31. The minimum Gasteiger partial charge on any atom is -0.463 e. The third kappa shape index (κ3) is 3.09. The average molecular weight is 212 g/mol. The molecule has 1 heterocycles. The maximum Gasteiger partial charge on any atom is 0.373 e. The van der Waals surface area contributed by atoms with Crippen LogP contribution in [0.4, 0.5) is 0 Å². The van der Waals surface area contributed by atoms with E-state index in [9.17, 15) is 4.79 Å². The second-order valence-corrected chi connectivity index (χ2v) is 3.52. The van der Waals surface area contributed by atoms with E-state index >= 15 is 0 Å². The molecule has 4 nitrogen and oxygen atoms in total. The molecule has 0 N–H and O–H groups in total. The number of esters is 1. The van der Waals surface area contributed by atoms with Gasteiger partial charge in [0.15, 0.2) is 0 Å². The standard InChI is InChI=1S/C11H16O4/c1-7(2)14-8(3)9-5-6-10(15-9)11(12)13-4/h5-8H,1-4H3. The topological polar surface area (TPSA) is 48.7 Å². The smallest absolute Gasteiger partial charge is 0.373 e.